The first-order valence-corrected chi connectivity index (χ1v) is 12.2. The maximum absolute atomic E-state index is 13.0. The van der Waals surface area contributed by atoms with E-state index in [4.69, 9.17) is 4.74 Å². The molecule has 2 aromatic rings. The number of H-pyrrole nitrogens is 1. The van der Waals surface area contributed by atoms with Crippen LogP contribution in [0.15, 0.2) is 29.1 Å². The highest BCUT2D eigenvalue weighted by atomic mass is 32.2. The van der Waals surface area contributed by atoms with Crippen molar-refractivity contribution in [2.75, 3.05) is 17.7 Å². The second-order valence-electron chi connectivity index (χ2n) is 8.23. The van der Waals surface area contributed by atoms with Crippen LogP contribution in [0.3, 0.4) is 0 Å². The zero-order valence-electron chi connectivity index (χ0n) is 17.6. The lowest BCUT2D eigenvalue weighted by atomic mass is 9.95. The molecule has 1 fully saturated rings. The summed E-state index contributed by atoms with van der Waals surface area (Å²) in [6.45, 7) is 2.90. The summed E-state index contributed by atoms with van der Waals surface area (Å²) in [7, 11) is 0. The quantitative estimate of drug-likeness (QED) is 0.606. The fourth-order valence-corrected chi connectivity index (χ4v) is 5.53. The van der Waals surface area contributed by atoms with Gasteiger partial charge in [-0.1, -0.05) is 51.2 Å². The van der Waals surface area contributed by atoms with Crippen LogP contribution in [0.1, 0.15) is 80.7 Å². The van der Waals surface area contributed by atoms with E-state index in [1.807, 2.05) is 28.9 Å². The molecule has 0 radical (unpaired) electrons. The average molecular weight is 430 g/mol. The van der Waals surface area contributed by atoms with Gasteiger partial charge in [0, 0.05) is 0 Å². The number of carbonyl (C=O) groups is 1. The molecule has 7 heteroatoms. The molecule has 30 heavy (non-hydrogen) atoms. The first kappa shape index (κ1) is 21.1. The number of anilines is 1. The van der Waals surface area contributed by atoms with Crippen LogP contribution in [0.5, 0.6) is 5.75 Å². The monoisotopic (exact) mass is 429 g/mol. The Morgan fingerprint density at radius 1 is 1.10 bits per heavy atom. The van der Waals surface area contributed by atoms with E-state index < -0.39 is 0 Å². The molecule has 1 aromatic carbocycles. The van der Waals surface area contributed by atoms with E-state index in [9.17, 15) is 9.59 Å². The second-order valence-corrected chi connectivity index (χ2v) is 9.32. The summed E-state index contributed by atoms with van der Waals surface area (Å²) in [5.74, 6) is 1.78. The number of hydrogen-bond donors (Lipinski definition) is 2. The van der Waals surface area contributed by atoms with Crippen molar-refractivity contribution in [2.24, 2.45) is 0 Å². The maximum Gasteiger partial charge on any atom is 0.270 e. The normalized spacial score (nSPS) is 19.8. The van der Waals surface area contributed by atoms with Crippen molar-refractivity contribution >= 4 is 23.5 Å². The minimum absolute atomic E-state index is 0.0526. The number of amides is 1. The highest BCUT2D eigenvalue weighted by Gasteiger charge is 2.32. The van der Waals surface area contributed by atoms with E-state index >= 15 is 0 Å². The van der Waals surface area contributed by atoms with Crippen LogP contribution in [0.4, 0.5) is 5.82 Å². The second kappa shape index (κ2) is 9.77. The molecule has 162 valence electrons. The zero-order chi connectivity index (χ0) is 20.9. The van der Waals surface area contributed by atoms with Crippen molar-refractivity contribution in [3.05, 3.63) is 45.7 Å². The molecular formula is C23H31N3O3S. The molecule has 1 aromatic heterocycles. The van der Waals surface area contributed by atoms with E-state index in [-0.39, 0.29) is 22.8 Å². The highest BCUT2D eigenvalue weighted by molar-refractivity contribution is 8.00. The van der Waals surface area contributed by atoms with Gasteiger partial charge < -0.3 is 10.1 Å². The van der Waals surface area contributed by atoms with Crippen LogP contribution < -0.4 is 15.6 Å². The van der Waals surface area contributed by atoms with Gasteiger partial charge in [-0.25, -0.2) is 0 Å². The molecule has 2 N–H and O–H groups in total. The Kier molecular flexibility index (Phi) is 6.87. The fourth-order valence-electron chi connectivity index (χ4n) is 4.40. The van der Waals surface area contributed by atoms with Crippen LogP contribution in [-0.2, 0) is 4.79 Å². The smallest absolute Gasteiger partial charge is 0.270 e. The molecule has 2 heterocycles. The number of carbonyl (C=O) groups excluding carboxylic acids is 1. The van der Waals surface area contributed by atoms with E-state index in [1.54, 1.807) is 0 Å². The molecule has 1 aliphatic carbocycles. The Balaban J connectivity index is 1.60. The molecule has 2 aliphatic rings. The van der Waals surface area contributed by atoms with Gasteiger partial charge in [0.25, 0.3) is 5.56 Å². The standard InChI is InChI=1S/C23H31N3O3S/c1-2-3-7-14-29-18-12-10-16(11-13-18)21-20-22(24-19(27)15-30-21)26(25-23(20)28)17-8-5-4-6-9-17/h10-13,17,21H,2-9,14-15H2,1H3,(H,24,27)(H,25,28)/t21-/m1/s1. The van der Waals surface area contributed by atoms with E-state index in [2.05, 4.69) is 17.3 Å². The van der Waals surface area contributed by atoms with Crippen molar-refractivity contribution < 1.29 is 9.53 Å². The van der Waals surface area contributed by atoms with Gasteiger partial charge in [0.2, 0.25) is 5.91 Å². The molecule has 0 bridgehead atoms. The number of hydrogen-bond acceptors (Lipinski definition) is 4. The summed E-state index contributed by atoms with van der Waals surface area (Å²) in [6.07, 6.45) is 9.02. The van der Waals surface area contributed by atoms with Gasteiger partial charge in [0.15, 0.2) is 0 Å². The van der Waals surface area contributed by atoms with Crippen molar-refractivity contribution in [3.63, 3.8) is 0 Å². The number of benzene rings is 1. The molecule has 1 saturated carbocycles. The third kappa shape index (κ3) is 4.61. The Bertz CT molecular complexity index is 913. The number of aromatic amines is 1. The largest absolute Gasteiger partial charge is 0.494 e. The summed E-state index contributed by atoms with van der Waals surface area (Å²) in [4.78, 5) is 25.4. The van der Waals surface area contributed by atoms with Gasteiger partial charge in [0.05, 0.1) is 29.2 Å². The summed E-state index contributed by atoms with van der Waals surface area (Å²) in [5.41, 5.74) is 1.58. The predicted octanol–water partition coefficient (Wildman–Crippen LogP) is 5.03. The lowest BCUT2D eigenvalue weighted by Crippen LogP contribution is -2.21. The number of aromatic nitrogens is 2. The number of rotatable bonds is 7. The lowest BCUT2D eigenvalue weighted by molar-refractivity contribution is -0.113. The third-order valence-corrected chi connectivity index (χ3v) is 7.27. The number of thioether (sulfide) groups is 1. The zero-order valence-corrected chi connectivity index (χ0v) is 18.4. The van der Waals surface area contributed by atoms with Gasteiger partial charge in [-0.05, 0) is 37.0 Å². The molecule has 0 spiro atoms. The lowest BCUT2D eigenvalue weighted by Gasteiger charge is -2.24. The van der Waals surface area contributed by atoms with Crippen molar-refractivity contribution in [1.82, 2.24) is 9.78 Å². The minimum atomic E-state index is -0.179. The Labute approximate surface area is 181 Å². The van der Waals surface area contributed by atoms with Gasteiger partial charge in [0.1, 0.15) is 11.6 Å². The summed E-state index contributed by atoms with van der Waals surface area (Å²) >= 11 is 1.51. The van der Waals surface area contributed by atoms with Crippen LogP contribution in [-0.4, -0.2) is 28.0 Å². The predicted molar refractivity (Wildman–Crippen MR) is 122 cm³/mol. The van der Waals surface area contributed by atoms with Crippen molar-refractivity contribution in [2.45, 2.75) is 69.6 Å². The molecule has 1 aliphatic heterocycles. The van der Waals surface area contributed by atoms with Crippen LogP contribution in [0.25, 0.3) is 0 Å². The molecular weight excluding hydrogens is 398 g/mol. The number of fused-ring (bicyclic) bond motifs is 1. The Morgan fingerprint density at radius 3 is 2.60 bits per heavy atom. The average Bonchev–Trinajstić information content (AvgIpc) is 2.97. The fraction of sp³-hybridized carbons (Fsp3) is 0.565. The molecule has 1 atom stereocenters. The van der Waals surface area contributed by atoms with Gasteiger partial charge >= 0.3 is 0 Å². The summed E-state index contributed by atoms with van der Waals surface area (Å²) < 4.78 is 7.75. The maximum atomic E-state index is 13.0. The Hall–Kier alpha value is -2.15. The Morgan fingerprint density at radius 2 is 1.87 bits per heavy atom. The van der Waals surface area contributed by atoms with Gasteiger partial charge in [-0.2, -0.15) is 0 Å². The van der Waals surface area contributed by atoms with E-state index in [1.165, 1.54) is 31.0 Å². The first-order valence-electron chi connectivity index (χ1n) is 11.2. The SMILES string of the molecule is CCCCCOc1ccc([C@H]2SCC(=O)Nc3c2c(=O)[nH]n3C2CCCCC2)cc1. The van der Waals surface area contributed by atoms with Crippen molar-refractivity contribution in [1.29, 1.82) is 0 Å². The van der Waals surface area contributed by atoms with Gasteiger partial charge in [-0.15, -0.1) is 11.8 Å². The minimum Gasteiger partial charge on any atom is -0.494 e. The number of nitrogens with one attached hydrogen (secondary N) is 2. The summed E-state index contributed by atoms with van der Waals surface area (Å²) in [5, 5.41) is 5.86. The summed E-state index contributed by atoms with van der Waals surface area (Å²) in [6, 6.07) is 8.22. The number of nitrogens with zero attached hydrogens (tertiary/aromatic N) is 1. The van der Waals surface area contributed by atoms with Crippen LogP contribution >= 0.6 is 11.8 Å². The van der Waals surface area contributed by atoms with Crippen LogP contribution in [0.2, 0.25) is 0 Å². The topological polar surface area (TPSA) is 76.1 Å². The molecule has 6 nitrogen and oxygen atoms in total. The molecule has 0 saturated heterocycles. The van der Waals surface area contributed by atoms with Crippen molar-refractivity contribution in [3.8, 4) is 5.75 Å². The molecule has 1 amide bonds. The highest BCUT2D eigenvalue weighted by Crippen LogP contribution is 2.42. The number of unbranched alkanes of at least 4 members (excludes halogenated alkanes) is 2. The van der Waals surface area contributed by atoms with Gasteiger partial charge in [-0.3, -0.25) is 19.4 Å². The molecule has 4 rings (SSSR count). The van der Waals surface area contributed by atoms with Crippen LogP contribution in [0, 0.1) is 0 Å². The van der Waals surface area contributed by atoms with E-state index in [0.717, 1.165) is 50.0 Å². The van der Waals surface area contributed by atoms with E-state index in [0.29, 0.717) is 17.1 Å². The molecule has 0 unspecified atom stereocenters. The number of ether oxygens (including phenoxy) is 1. The first-order chi connectivity index (χ1) is 14.7. The third-order valence-electron chi connectivity index (χ3n) is 6.00.